The van der Waals surface area contributed by atoms with Crippen LogP contribution in [0, 0.1) is 0 Å². The first-order valence-electron chi connectivity index (χ1n) is 5.02. The summed E-state index contributed by atoms with van der Waals surface area (Å²) in [5.74, 6) is 0.0763. The number of aromatic amines is 1. The van der Waals surface area contributed by atoms with Gasteiger partial charge in [0.1, 0.15) is 5.69 Å². The Kier molecular flexibility index (Phi) is 3.37. The lowest BCUT2D eigenvalue weighted by Gasteiger charge is -2.00. The van der Waals surface area contributed by atoms with E-state index < -0.39 is 0 Å². The van der Waals surface area contributed by atoms with Crippen molar-refractivity contribution in [1.82, 2.24) is 9.97 Å². The molecule has 0 aliphatic carbocycles. The van der Waals surface area contributed by atoms with E-state index in [0.29, 0.717) is 17.1 Å². The van der Waals surface area contributed by atoms with Gasteiger partial charge in [-0.15, -0.1) is 0 Å². The average molecular weight is 235 g/mol. The Morgan fingerprint density at radius 3 is 2.69 bits per heavy atom. The topological polar surface area (TPSA) is 45.8 Å². The molecular formula is C12H11ClN2O. The molecule has 0 unspecified atom stereocenters. The molecule has 1 aromatic carbocycles. The normalized spacial score (nSPS) is 10.3. The molecule has 4 heteroatoms. The van der Waals surface area contributed by atoms with Crippen molar-refractivity contribution in [2.45, 2.75) is 12.8 Å². The number of carbonyl (C=O) groups is 1. The van der Waals surface area contributed by atoms with E-state index in [0.717, 1.165) is 12.0 Å². The highest BCUT2D eigenvalue weighted by molar-refractivity contribution is 6.30. The minimum absolute atomic E-state index is 0.0763. The van der Waals surface area contributed by atoms with Crippen molar-refractivity contribution in [2.75, 3.05) is 0 Å². The number of ketones is 1. The number of H-pyrrole nitrogens is 1. The number of aromatic nitrogens is 2. The first kappa shape index (κ1) is 10.9. The summed E-state index contributed by atoms with van der Waals surface area (Å²) in [4.78, 5) is 18.3. The van der Waals surface area contributed by atoms with Crippen LogP contribution in [0.1, 0.15) is 22.5 Å². The lowest BCUT2D eigenvalue weighted by Crippen LogP contribution is -2.01. The number of carbonyl (C=O) groups excluding carboxylic acids is 1. The number of aryl methyl sites for hydroxylation is 1. The highest BCUT2D eigenvalue weighted by Gasteiger charge is 2.06. The third kappa shape index (κ3) is 2.70. The van der Waals surface area contributed by atoms with Gasteiger partial charge in [-0.2, -0.15) is 0 Å². The zero-order chi connectivity index (χ0) is 11.4. The molecule has 82 valence electrons. The van der Waals surface area contributed by atoms with Crippen LogP contribution in [0.3, 0.4) is 0 Å². The molecule has 0 amide bonds. The van der Waals surface area contributed by atoms with E-state index in [1.54, 1.807) is 6.20 Å². The molecule has 0 saturated carbocycles. The molecule has 2 rings (SSSR count). The van der Waals surface area contributed by atoms with E-state index in [-0.39, 0.29) is 5.78 Å². The maximum atomic E-state index is 11.6. The largest absolute Gasteiger partial charge is 0.342 e. The second-order valence-corrected chi connectivity index (χ2v) is 3.95. The number of hydrogen-bond donors (Lipinski definition) is 1. The van der Waals surface area contributed by atoms with E-state index in [2.05, 4.69) is 9.97 Å². The molecule has 1 N–H and O–H groups in total. The van der Waals surface area contributed by atoms with Crippen molar-refractivity contribution in [3.63, 3.8) is 0 Å². The first-order valence-corrected chi connectivity index (χ1v) is 5.39. The number of benzene rings is 1. The smallest absolute Gasteiger partial charge is 0.180 e. The van der Waals surface area contributed by atoms with Crippen LogP contribution >= 0.6 is 11.6 Å². The molecule has 0 atom stereocenters. The van der Waals surface area contributed by atoms with E-state index in [1.165, 1.54) is 6.33 Å². The van der Waals surface area contributed by atoms with Crippen molar-refractivity contribution >= 4 is 17.4 Å². The van der Waals surface area contributed by atoms with Crippen molar-refractivity contribution in [3.05, 3.63) is 53.1 Å². The second kappa shape index (κ2) is 4.94. The average Bonchev–Trinajstić information content (AvgIpc) is 2.81. The van der Waals surface area contributed by atoms with Gasteiger partial charge in [0.15, 0.2) is 5.78 Å². The lowest BCUT2D eigenvalue weighted by molar-refractivity contribution is 0.0978. The van der Waals surface area contributed by atoms with Crippen molar-refractivity contribution in [2.24, 2.45) is 0 Å². The predicted molar refractivity (Wildman–Crippen MR) is 62.7 cm³/mol. The number of imidazole rings is 1. The molecule has 2 aromatic rings. The summed E-state index contributed by atoms with van der Waals surface area (Å²) >= 11 is 5.78. The SMILES string of the molecule is O=C(CCc1ccc(Cl)cc1)c1cnc[nH]1. The Labute approximate surface area is 98.5 Å². The Balaban J connectivity index is 1.93. The molecule has 0 fully saturated rings. The molecule has 0 aliphatic heterocycles. The Morgan fingerprint density at radius 2 is 2.06 bits per heavy atom. The molecule has 0 bridgehead atoms. The molecule has 0 aliphatic rings. The molecule has 0 saturated heterocycles. The van der Waals surface area contributed by atoms with Crippen molar-refractivity contribution < 1.29 is 4.79 Å². The molecule has 3 nitrogen and oxygen atoms in total. The van der Waals surface area contributed by atoms with Gasteiger partial charge in [-0.25, -0.2) is 4.98 Å². The minimum Gasteiger partial charge on any atom is -0.342 e. The van der Waals surface area contributed by atoms with Crippen LogP contribution < -0.4 is 0 Å². The van der Waals surface area contributed by atoms with Crippen LogP contribution in [0.15, 0.2) is 36.8 Å². The summed E-state index contributed by atoms with van der Waals surface area (Å²) in [7, 11) is 0. The van der Waals surface area contributed by atoms with E-state index in [4.69, 9.17) is 11.6 Å². The zero-order valence-electron chi connectivity index (χ0n) is 8.61. The summed E-state index contributed by atoms with van der Waals surface area (Å²) < 4.78 is 0. The number of nitrogens with one attached hydrogen (secondary N) is 1. The van der Waals surface area contributed by atoms with Gasteiger partial charge in [0, 0.05) is 11.4 Å². The Bertz CT molecular complexity index is 462. The van der Waals surface area contributed by atoms with E-state index >= 15 is 0 Å². The Morgan fingerprint density at radius 1 is 1.31 bits per heavy atom. The van der Waals surface area contributed by atoms with Gasteiger partial charge in [0.25, 0.3) is 0 Å². The summed E-state index contributed by atoms with van der Waals surface area (Å²) in [6, 6.07) is 7.53. The third-order valence-corrected chi connectivity index (χ3v) is 2.60. The summed E-state index contributed by atoms with van der Waals surface area (Å²) in [5, 5.41) is 0.712. The van der Waals surface area contributed by atoms with Crippen molar-refractivity contribution in [1.29, 1.82) is 0 Å². The van der Waals surface area contributed by atoms with E-state index in [9.17, 15) is 4.79 Å². The summed E-state index contributed by atoms with van der Waals surface area (Å²) in [5.41, 5.74) is 1.67. The standard InChI is InChI=1S/C12H11ClN2O/c13-10-4-1-9(2-5-10)3-6-12(16)11-7-14-8-15-11/h1-2,4-5,7-8H,3,6H2,(H,14,15). The van der Waals surface area contributed by atoms with Crippen LogP contribution in [-0.4, -0.2) is 15.8 Å². The number of hydrogen-bond acceptors (Lipinski definition) is 2. The first-order chi connectivity index (χ1) is 7.75. The fourth-order valence-electron chi connectivity index (χ4n) is 1.45. The van der Waals surface area contributed by atoms with Gasteiger partial charge >= 0.3 is 0 Å². The van der Waals surface area contributed by atoms with Crippen molar-refractivity contribution in [3.8, 4) is 0 Å². The number of Topliss-reactive ketones (excluding diaryl/α,β-unsaturated/α-hetero) is 1. The van der Waals surface area contributed by atoms with E-state index in [1.807, 2.05) is 24.3 Å². The summed E-state index contributed by atoms with van der Waals surface area (Å²) in [6.45, 7) is 0. The van der Waals surface area contributed by atoms with Gasteiger partial charge in [0.2, 0.25) is 0 Å². The van der Waals surface area contributed by atoms with Gasteiger partial charge in [0.05, 0.1) is 12.5 Å². The monoisotopic (exact) mass is 234 g/mol. The molecule has 16 heavy (non-hydrogen) atoms. The van der Waals surface area contributed by atoms with Gasteiger partial charge in [-0.05, 0) is 24.1 Å². The maximum Gasteiger partial charge on any atom is 0.180 e. The zero-order valence-corrected chi connectivity index (χ0v) is 9.37. The fraction of sp³-hybridized carbons (Fsp3) is 0.167. The Hall–Kier alpha value is -1.61. The summed E-state index contributed by atoms with van der Waals surface area (Å²) in [6.07, 6.45) is 4.25. The van der Waals surface area contributed by atoms with Crippen LogP contribution in [0.4, 0.5) is 0 Å². The van der Waals surface area contributed by atoms with Crippen LogP contribution in [0.2, 0.25) is 5.02 Å². The quantitative estimate of drug-likeness (QED) is 0.827. The number of nitrogens with zero attached hydrogens (tertiary/aromatic N) is 1. The maximum absolute atomic E-state index is 11.6. The van der Waals surface area contributed by atoms with Crippen LogP contribution in [-0.2, 0) is 6.42 Å². The van der Waals surface area contributed by atoms with Gasteiger partial charge in [-0.1, -0.05) is 23.7 Å². The molecule has 1 aromatic heterocycles. The number of halogens is 1. The highest BCUT2D eigenvalue weighted by atomic mass is 35.5. The molecule has 1 heterocycles. The van der Waals surface area contributed by atoms with Gasteiger partial charge < -0.3 is 4.98 Å². The lowest BCUT2D eigenvalue weighted by atomic mass is 10.1. The fourth-order valence-corrected chi connectivity index (χ4v) is 1.58. The minimum atomic E-state index is 0.0763. The van der Waals surface area contributed by atoms with Gasteiger partial charge in [-0.3, -0.25) is 4.79 Å². The second-order valence-electron chi connectivity index (χ2n) is 3.51. The highest BCUT2D eigenvalue weighted by Crippen LogP contribution is 2.11. The predicted octanol–water partition coefficient (Wildman–Crippen LogP) is 2.88. The van der Waals surface area contributed by atoms with Crippen LogP contribution in [0.25, 0.3) is 0 Å². The van der Waals surface area contributed by atoms with Crippen LogP contribution in [0.5, 0.6) is 0 Å². The molecule has 0 spiro atoms. The number of rotatable bonds is 4. The molecule has 0 radical (unpaired) electrons. The third-order valence-electron chi connectivity index (χ3n) is 2.35. The molecular weight excluding hydrogens is 224 g/mol.